The maximum absolute atomic E-state index is 13.4. The zero-order valence-corrected chi connectivity index (χ0v) is 18.6. The van der Waals surface area contributed by atoms with Gasteiger partial charge in [-0.15, -0.1) is 5.10 Å². The highest BCUT2D eigenvalue weighted by Gasteiger charge is 2.16. The van der Waals surface area contributed by atoms with Crippen LogP contribution in [0.3, 0.4) is 0 Å². The molecule has 0 unspecified atom stereocenters. The number of halogens is 1. The number of aryl methyl sites for hydroxylation is 1. The highest BCUT2D eigenvalue weighted by molar-refractivity contribution is 5.79. The number of rotatable bonds is 8. The molecule has 0 aliphatic carbocycles. The molecular formula is C25H23FN6O2. The van der Waals surface area contributed by atoms with Crippen LogP contribution in [0.1, 0.15) is 28.3 Å². The van der Waals surface area contributed by atoms with Gasteiger partial charge in [0, 0.05) is 24.2 Å². The topological polar surface area (TPSA) is 92.8 Å². The Balaban J connectivity index is 1.44. The van der Waals surface area contributed by atoms with E-state index in [0.717, 1.165) is 27.8 Å². The summed E-state index contributed by atoms with van der Waals surface area (Å²) in [6.45, 7) is 3.62. The Hall–Kier alpha value is -4.11. The van der Waals surface area contributed by atoms with Gasteiger partial charge in [-0.2, -0.15) is 0 Å². The molecule has 0 fully saturated rings. The zero-order chi connectivity index (χ0) is 23.5. The van der Waals surface area contributed by atoms with E-state index in [2.05, 4.69) is 25.4 Å². The minimum atomic E-state index is -0.293. The summed E-state index contributed by atoms with van der Waals surface area (Å²) in [5, 5.41) is 13.1. The summed E-state index contributed by atoms with van der Waals surface area (Å²) in [7, 11) is 0. The van der Waals surface area contributed by atoms with Crippen LogP contribution in [0.4, 0.5) is 4.39 Å². The summed E-state index contributed by atoms with van der Waals surface area (Å²) in [5.74, 6) is 1.07. The Morgan fingerprint density at radius 2 is 1.91 bits per heavy atom. The molecule has 2 aromatic carbocycles. The average molecular weight is 458 g/mol. The van der Waals surface area contributed by atoms with Crippen LogP contribution < -0.4 is 5.56 Å². The first-order valence-electron chi connectivity index (χ1n) is 10.9. The molecule has 1 N–H and O–H groups in total. The molecule has 0 aliphatic heterocycles. The predicted octanol–water partition coefficient (Wildman–Crippen LogP) is 3.81. The van der Waals surface area contributed by atoms with E-state index in [1.165, 1.54) is 12.1 Å². The summed E-state index contributed by atoms with van der Waals surface area (Å²) in [6.07, 6.45) is 1.60. The number of hydrogen-bond donors (Lipinski definition) is 1. The normalized spacial score (nSPS) is 11.5. The Bertz CT molecular complexity index is 1460. The van der Waals surface area contributed by atoms with Crippen molar-refractivity contribution in [3.63, 3.8) is 0 Å². The van der Waals surface area contributed by atoms with Crippen LogP contribution in [-0.4, -0.2) is 30.1 Å². The number of benzene rings is 2. The molecule has 9 heteroatoms. The molecule has 3 heterocycles. The van der Waals surface area contributed by atoms with Crippen molar-refractivity contribution in [3.8, 4) is 0 Å². The van der Waals surface area contributed by atoms with Gasteiger partial charge in [0.25, 0.3) is 5.56 Å². The molecule has 5 rings (SSSR count). The second-order valence-corrected chi connectivity index (χ2v) is 8.32. The lowest BCUT2D eigenvalue weighted by Crippen LogP contribution is -2.28. The van der Waals surface area contributed by atoms with Gasteiger partial charge < -0.3 is 9.40 Å². The number of nitrogens with one attached hydrogen (secondary N) is 1. The summed E-state index contributed by atoms with van der Waals surface area (Å²) >= 11 is 0. The number of aromatic nitrogens is 5. The van der Waals surface area contributed by atoms with Crippen molar-refractivity contribution in [1.29, 1.82) is 0 Å². The van der Waals surface area contributed by atoms with Crippen LogP contribution in [0.5, 0.6) is 0 Å². The average Bonchev–Trinajstić information content (AvgIpc) is 3.49. The van der Waals surface area contributed by atoms with Crippen molar-refractivity contribution in [2.45, 2.75) is 33.1 Å². The fourth-order valence-electron chi connectivity index (χ4n) is 3.94. The molecule has 0 bridgehead atoms. The van der Waals surface area contributed by atoms with Crippen molar-refractivity contribution >= 4 is 10.9 Å². The lowest BCUT2D eigenvalue weighted by molar-refractivity contribution is 0.235. The minimum Gasteiger partial charge on any atom is -0.467 e. The van der Waals surface area contributed by atoms with Gasteiger partial charge in [-0.3, -0.25) is 9.69 Å². The smallest absolute Gasteiger partial charge is 0.252 e. The Morgan fingerprint density at radius 1 is 1.06 bits per heavy atom. The molecule has 0 spiro atoms. The Labute approximate surface area is 194 Å². The SMILES string of the molecule is Cc1ccc2cc(CN(Cc3ccc(F)cc3)Cc3nnnn3Cc3ccco3)c(=O)[nH]c2c1. The third-order valence-electron chi connectivity index (χ3n) is 5.65. The van der Waals surface area contributed by atoms with Crippen molar-refractivity contribution in [2.24, 2.45) is 0 Å². The van der Waals surface area contributed by atoms with Crippen molar-refractivity contribution in [2.75, 3.05) is 0 Å². The van der Waals surface area contributed by atoms with Gasteiger partial charge in [0.2, 0.25) is 0 Å². The van der Waals surface area contributed by atoms with Gasteiger partial charge >= 0.3 is 0 Å². The number of nitrogens with zero attached hydrogens (tertiary/aromatic N) is 5. The van der Waals surface area contributed by atoms with E-state index in [9.17, 15) is 9.18 Å². The maximum Gasteiger partial charge on any atom is 0.252 e. The van der Waals surface area contributed by atoms with Crippen molar-refractivity contribution in [3.05, 3.63) is 111 Å². The Morgan fingerprint density at radius 3 is 2.71 bits per heavy atom. The first-order chi connectivity index (χ1) is 16.5. The highest BCUT2D eigenvalue weighted by Crippen LogP contribution is 2.17. The third-order valence-corrected chi connectivity index (χ3v) is 5.65. The summed E-state index contributed by atoms with van der Waals surface area (Å²) < 4.78 is 20.5. The molecule has 0 saturated heterocycles. The first-order valence-corrected chi connectivity index (χ1v) is 10.9. The fourth-order valence-corrected chi connectivity index (χ4v) is 3.94. The van der Waals surface area contributed by atoms with Gasteiger partial charge in [0.15, 0.2) is 5.82 Å². The number of tetrazole rings is 1. The van der Waals surface area contributed by atoms with E-state index >= 15 is 0 Å². The standard InChI is InChI=1S/C25H23FN6O2/c1-17-4-7-19-12-20(25(33)27-23(19)11-17)14-31(13-18-5-8-21(26)9-6-18)16-24-28-29-30-32(24)15-22-3-2-10-34-22/h2-12H,13-16H2,1H3,(H,27,33). The summed E-state index contributed by atoms with van der Waals surface area (Å²) in [5.41, 5.74) is 3.29. The van der Waals surface area contributed by atoms with Crippen LogP contribution >= 0.6 is 0 Å². The first kappa shape index (κ1) is 21.7. The van der Waals surface area contributed by atoms with E-state index in [4.69, 9.17) is 4.42 Å². The maximum atomic E-state index is 13.4. The lowest BCUT2D eigenvalue weighted by Gasteiger charge is -2.22. The number of fused-ring (bicyclic) bond motifs is 1. The monoisotopic (exact) mass is 458 g/mol. The largest absolute Gasteiger partial charge is 0.467 e. The van der Waals surface area contributed by atoms with Gasteiger partial charge in [-0.25, -0.2) is 9.07 Å². The molecule has 0 amide bonds. The third kappa shape index (κ3) is 4.94. The van der Waals surface area contributed by atoms with E-state index in [1.54, 1.807) is 23.1 Å². The number of aromatic amines is 1. The quantitative estimate of drug-likeness (QED) is 0.380. The van der Waals surface area contributed by atoms with E-state index in [1.807, 2.05) is 43.3 Å². The molecule has 0 radical (unpaired) electrons. The van der Waals surface area contributed by atoms with Crippen LogP contribution in [-0.2, 0) is 26.2 Å². The number of hydrogen-bond acceptors (Lipinski definition) is 6. The molecule has 172 valence electrons. The molecule has 5 aromatic rings. The predicted molar refractivity (Wildman–Crippen MR) is 124 cm³/mol. The van der Waals surface area contributed by atoms with Crippen LogP contribution in [0.25, 0.3) is 10.9 Å². The van der Waals surface area contributed by atoms with Crippen LogP contribution in [0.2, 0.25) is 0 Å². The molecule has 34 heavy (non-hydrogen) atoms. The molecule has 0 atom stereocenters. The van der Waals surface area contributed by atoms with E-state index < -0.39 is 0 Å². The van der Waals surface area contributed by atoms with Gasteiger partial charge in [-0.05, 0) is 70.3 Å². The van der Waals surface area contributed by atoms with E-state index in [-0.39, 0.29) is 11.4 Å². The van der Waals surface area contributed by atoms with Crippen LogP contribution in [0, 0.1) is 12.7 Å². The molecular weight excluding hydrogens is 435 g/mol. The minimum absolute atomic E-state index is 0.141. The van der Waals surface area contributed by atoms with Crippen molar-refractivity contribution in [1.82, 2.24) is 30.1 Å². The molecule has 0 saturated carbocycles. The molecule has 8 nitrogen and oxygen atoms in total. The zero-order valence-electron chi connectivity index (χ0n) is 18.6. The second kappa shape index (κ2) is 9.40. The van der Waals surface area contributed by atoms with Crippen molar-refractivity contribution < 1.29 is 8.81 Å². The van der Waals surface area contributed by atoms with Gasteiger partial charge in [0.05, 0.1) is 12.8 Å². The number of furan rings is 1. The number of pyridine rings is 1. The summed E-state index contributed by atoms with van der Waals surface area (Å²) in [6, 6.07) is 17.9. The Kier molecular flexibility index (Phi) is 6.01. The summed E-state index contributed by atoms with van der Waals surface area (Å²) in [4.78, 5) is 17.9. The van der Waals surface area contributed by atoms with E-state index in [0.29, 0.717) is 37.6 Å². The highest BCUT2D eigenvalue weighted by atomic mass is 19.1. The molecule has 3 aromatic heterocycles. The lowest BCUT2D eigenvalue weighted by atomic mass is 10.1. The molecule has 0 aliphatic rings. The van der Waals surface area contributed by atoms with Crippen LogP contribution in [0.15, 0.2) is 76.1 Å². The van der Waals surface area contributed by atoms with Gasteiger partial charge in [0.1, 0.15) is 18.1 Å². The fraction of sp³-hybridized carbons (Fsp3) is 0.200. The van der Waals surface area contributed by atoms with Gasteiger partial charge in [-0.1, -0.05) is 24.3 Å². The number of H-pyrrole nitrogens is 1. The second-order valence-electron chi connectivity index (χ2n) is 8.32.